The Balaban J connectivity index is 1.41. The van der Waals surface area contributed by atoms with Crippen LogP contribution in [0.25, 0.3) is 0 Å². The minimum Gasteiger partial charge on any atom is -0.378 e. The van der Waals surface area contributed by atoms with Crippen LogP contribution in [0.3, 0.4) is 0 Å². The van der Waals surface area contributed by atoms with Crippen molar-refractivity contribution >= 4 is 27.7 Å². The Labute approximate surface area is 174 Å². The Hall–Kier alpha value is -1.77. The molecule has 0 bridgehead atoms. The predicted octanol–water partition coefficient (Wildman–Crippen LogP) is 2.57. The second-order valence-corrected chi connectivity index (χ2v) is 8.34. The van der Waals surface area contributed by atoms with Crippen LogP contribution in [0.4, 0.5) is 11.8 Å². The van der Waals surface area contributed by atoms with Gasteiger partial charge in [-0.1, -0.05) is 0 Å². The molecule has 2 aliphatic rings. The number of pyridine rings is 1. The van der Waals surface area contributed by atoms with E-state index in [-0.39, 0.29) is 0 Å². The number of aromatic nitrogens is 3. The number of likely N-dealkylation sites (tertiary alicyclic amines) is 1. The van der Waals surface area contributed by atoms with Crippen molar-refractivity contribution in [3.8, 4) is 0 Å². The molecule has 4 rings (SSSR count). The predicted molar refractivity (Wildman–Crippen MR) is 114 cm³/mol. The molecular formula is C20H27BrN6O. The average Bonchev–Trinajstić information content (AvgIpc) is 2.76. The Morgan fingerprint density at radius 1 is 1.18 bits per heavy atom. The van der Waals surface area contributed by atoms with Crippen LogP contribution in [-0.4, -0.2) is 72.3 Å². The highest BCUT2D eigenvalue weighted by atomic mass is 79.9. The standard InChI is InChI=1S/C20H27BrN6O/c1-25(20-22-7-6-19(24-20)27-9-11-28-12-10-27)18-3-2-8-26(15-18)14-17-5-4-16(21)13-23-17/h4-7,13,18H,2-3,8-12,14-15H2,1H3. The fourth-order valence-electron chi connectivity index (χ4n) is 3.86. The number of likely N-dealkylation sites (N-methyl/N-ethyl adjacent to an activating group) is 1. The summed E-state index contributed by atoms with van der Waals surface area (Å²) in [4.78, 5) is 20.9. The summed E-state index contributed by atoms with van der Waals surface area (Å²) < 4.78 is 6.47. The van der Waals surface area contributed by atoms with E-state index >= 15 is 0 Å². The molecule has 0 aliphatic carbocycles. The molecule has 2 aliphatic heterocycles. The molecular weight excluding hydrogens is 420 g/mol. The van der Waals surface area contributed by atoms with Crippen LogP contribution in [0, 0.1) is 0 Å². The van der Waals surface area contributed by atoms with E-state index in [9.17, 15) is 0 Å². The molecule has 8 heteroatoms. The lowest BCUT2D eigenvalue weighted by Crippen LogP contribution is -2.47. The normalized spacial score (nSPS) is 20.9. The van der Waals surface area contributed by atoms with Crippen molar-refractivity contribution in [2.24, 2.45) is 0 Å². The zero-order valence-electron chi connectivity index (χ0n) is 16.3. The van der Waals surface area contributed by atoms with Crippen LogP contribution < -0.4 is 9.80 Å². The highest BCUT2D eigenvalue weighted by Crippen LogP contribution is 2.22. The van der Waals surface area contributed by atoms with Crippen molar-refractivity contribution in [2.45, 2.75) is 25.4 Å². The molecule has 0 saturated carbocycles. The first-order chi connectivity index (χ1) is 13.7. The van der Waals surface area contributed by atoms with E-state index in [0.29, 0.717) is 6.04 Å². The van der Waals surface area contributed by atoms with Gasteiger partial charge >= 0.3 is 0 Å². The summed E-state index contributed by atoms with van der Waals surface area (Å²) in [6.45, 7) is 6.28. The number of rotatable bonds is 5. The number of ether oxygens (including phenoxy) is 1. The molecule has 2 saturated heterocycles. The van der Waals surface area contributed by atoms with Gasteiger partial charge in [-0.05, 0) is 53.5 Å². The molecule has 150 valence electrons. The van der Waals surface area contributed by atoms with Gasteiger partial charge in [-0.2, -0.15) is 4.98 Å². The minimum atomic E-state index is 0.407. The number of nitrogens with zero attached hydrogens (tertiary/aromatic N) is 6. The largest absolute Gasteiger partial charge is 0.378 e. The number of hydrogen-bond acceptors (Lipinski definition) is 7. The summed E-state index contributed by atoms with van der Waals surface area (Å²) in [5.41, 5.74) is 1.11. The van der Waals surface area contributed by atoms with Crippen molar-refractivity contribution in [1.82, 2.24) is 19.9 Å². The fourth-order valence-corrected chi connectivity index (χ4v) is 4.10. The summed E-state index contributed by atoms with van der Waals surface area (Å²) in [6, 6.07) is 6.55. The summed E-state index contributed by atoms with van der Waals surface area (Å²) in [6.07, 6.45) is 6.07. The van der Waals surface area contributed by atoms with Crippen molar-refractivity contribution in [3.63, 3.8) is 0 Å². The van der Waals surface area contributed by atoms with Crippen LogP contribution in [0.2, 0.25) is 0 Å². The molecule has 0 aromatic carbocycles. The van der Waals surface area contributed by atoms with Crippen LogP contribution in [-0.2, 0) is 11.3 Å². The van der Waals surface area contributed by atoms with E-state index in [1.165, 1.54) is 6.42 Å². The number of anilines is 2. The van der Waals surface area contributed by atoms with E-state index in [1.54, 1.807) is 0 Å². The van der Waals surface area contributed by atoms with Crippen molar-refractivity contribution in [1.29, 1.82) is 0 Å². The Morgan fingerprint density at radius 2 is 2.04 bits per heavy atom. The van der Waals surface area contributed by atoms with E-state index in [0.717, 1.165) is 74.3 Å². The summed E-state index contributed by atoms with van der Waals surface area (Å²) in [5, 5.41) is 0. The zero-order valence-corrected chi connectivity index (χ0v) is 17.9. The number of piperidine rings is 1. The molecule has 0 N–H and O–H groups in total. The summed E-state index contributed by atoms with van der Waals surface area (Å²) in [7, 11) is 2.12. The first kappa shape index (κ1) is 19.5. The molecule has 7 nitrogen and oxygen atoms in total. The van der Waals surface area contributed by atoms with Gasteiger partial charge in [0.2, 0.25) is 5.95 Å². The lowest BCUT2D eigenvalue weighted by Gasteiger charge is -2.37. The highest BCUT2D eigenvalue weighted by molar-refractivity contribution is 9.10. The zero-order chi connectivity index (χ0) is 19.3. The fraction of sp³-hybridized carbons (Fsp3) is 0.550. The molecule has 1 atom stereocenters. The van der Waals surface area contributed by atoms with Gasteiger partial charge in [0, 0.05) is 56.1 Å². The summed E-state index contributed by atoms with van der Waals surface area (Å²) >= 11 is 3.45. The smallest absolute Gasteiger partial charge is 0.227 e. The number of halogens is 1. The molecule has 2 fully saturated rings. The summed E-state index contributed by atoms with van der Waals surface area (Å²) in [5.74, 6) is 1.80. The third-order valence-electron chi connectivity index (χ3n) is 5.48. The van der Waals surface area contributed by atoms with Crippen LogP contribution >= 0.6 is 15.9 Å². The maximum atomic E-state index is 5.45. The molecule has 28 heavy (non-hydrogen) atoms. The molecule has 0 radical (unpaired) electrons. The van der Waals surface area contributed by atoms with Gasteiger partial charge in [-0.25, -0.2) is 4.98 Å². The molecule has 4 heterocycles. The molecule has 0 amide bonds. The van der Waals surface area contributed by atoms with Gasteiger partial charge in [0.25, 0.3) is 0 Å². The van der Waals surface area contributed by atoms with Crippen molar-refractivity contribution in [3.05, 3.63) is 40.8 Å². The minimum absolute atomic E-state index is 0.407. The van der Waals surface area contributed by atoms with E-state index in [4.69, 9.17) is 9.72 Å². The van der Waals surface area contributed by atoms with Gasteiger partial charge in [0.05, 0.1) is 18.9 Å². The third kappa shape index (κ3) is 4.79. The molecule has 2 aromatic heterocycles. The second-order valence-electron chi connectivity index (χ2n) is 7.42. The Kier molecular flexibility index (Phi) is 6.39. The van der Waals surface area contributed by atoms with Gasteiger partial charge in [0.1, 0.15) is 5.82 Å². The first-order valence-corrected chi connectivity index (χ1v) is 10.7. The van der Waals surface area contributed by atoms with E-state index < -0.39 is 0 Å². The average molecular weight is 447 g/mol. The first-order valence-electron chi connectivity index (χ1n) is 9.90. The highest BCUT2D eigenvalue weighted by Gasteiger charge is 2.25. The molecule has 0 spiro atoms. The number of morpholine rings is 1. The van der Waals surface area contributed by atoms with Crippen LogP contribution in [0.5, 0.6) is 0 Å². The Morgan fingerprint density at radius 3 is 2.82 bits per heavy atom. The number of hydrogen-bond donors (Lipinski definition) is 0. The maximum absolute atomic E-state index is 5.45. The van der Waals surface area contributed by atoms with Gasteiger partial charge < -0.3 is 14.5 Å². The third-order valence-corrected chi connectivity index (χ3v) is 5.95. The van der Waals surface area contributed by atoms with E-state index in [1.807, 2.05) is 18.5 Å². The topological polar surface area (TPSA) is 57.6 Å². The van der Waals surface area contributed by atoms with Crippen molar-refractivity contribution < 1.29 is 4.74 Å². The van der Waals surface area contributed by atoms with E-state index in [2.05, 4.69) is 59.8 Å². The maximum Gasteiger partial charge on any atom is 0.227 e. The lowest BCUT2D eigenvalue weighted by molar-refractivity contribution is 0.122. The van der Waals surface area contributed by atoms with Gasteiger partial charge in [-0.3, -0.25) is 9.88 Å². The monoisotopic (exact) mass is 446 g/mol. The van der Waals surface area contributed by atoms with Crippen LogP contribution in [0.15, 0.2) is 35.1 Å². The van der Waals surface area contributed by atoms with Crippen molar-refractivity contribution in [2.75, 3.05) is 56.2 Å². The lowest BCUT2D eigenvalue weighted by atomic mass is 10.0. The van der Waals surface area contributed by atoms with Crippen LogP contribution in [0.1, 0.15) is 18.5 Å². The second kappa shape index (κ2) is 9.15. The van der Waals surface area contributed by atoms with Gasteiger partial charge in [-0.15, -0.1) is 0 Å². The quantitative estimate of drug-likeness (QED) is 0.699. The van der Waals surface area contributed by atoms with Gasteiger partial charge in [0.15, 0.2) is 0 Å². The SMILES string of the molecule is CN(c1nccc(N2CCOCC2)n1)C1CCCN(Cc2ccc(Br)cn2)C1. The molecule has 1 unspecified atom stereocenters. The Bertz CT molecular complexity index is 768. The molecule has 2 aromatic rings.